The highest BCUT2D eigenvalue weighted by atomic mass is 16.6. The summed E-state index contributed by atoms with van der Waals surface area (Å²) in [7, 11) is 0. The quantitative estimate of drug-likeness (QED) is 0.671. The van der Waals surface area contributed by atoms with Crippen LogP contribution in [0.3, 0.4) is 0 Å². The van der Waals surface area contributed by atoms with Crippen molar-refractivity contribution in [2.45, 2.75) is 33.9 Å². The smallest absolute Gasteiger partial charge is 0.292 e. The van der Waals surface area contributed by atoms with Gasteiger partial charge in [0.1, 0.15) is 5.69 Å². The molecule has 0 spiro atoms. The molecule has 1 aromatic heterocycles. The second-order valence-electron chi connectivity index (χ2n) is 4.74. The van der Waals surface area contributed by atoms with E-state index in [0.717, 1.165) is 23.4 Å². The number of hydrogen-bond donors (Lipinski definition) is 1. The minimum atomic E-state index is -0.355. The molecular weight excluding hydrogens is 256 g/mol. The van der Waals surface area contributed by atoms with Crippen molar-refractivity contribution >= 4 is 11.4 Å². The van der Waals surface area contributed by atoms with Crippen molar-refractivity contribution in [1.29, 1.82) is 0 Å². The number of nitro groups is 1. The lowest BCUT2D eigenvalue weighted by Crippen LogP contribution is -2.08. The molecule has 0 aliphatic carbocycles. The highest BCUT2D eigenvalue weighted by molar-refractivity contribution is 5.64. The fourth-order valence-corrected chi connectivity index (χ4v) is 2.06. The number of nitrogens with zero attached hydrogens (tertiary/aromatic N) is 3. The minimum Gasteiger partial charge on any atom is -0.374 e. The third-order valence-corrected chi connectivity index (χ3v) is 3.41. The molecular formula is C14H18N4O2. The zero-order valence-corrected chi connectivity index (χ0v) is 11.9. The molecule has 1 N–H and O–H groups in total. The summed E-state index contributed by atoms with van der Waals surface area (Å²) in [6, 6.07) is 3.43. The third kappa shape index (κ3) is 2.79. The Kier molecular flexibility index (Phi) is 4.02. The molecule has 0 radical (unpaired) electrons. The van der Waals surface area contributed by atoms with Gasteiger partial charge in [-0.3, -0.25) is 10.1 Å². The summed E-state index contributed by atoms with van der Waals surface area (Å²) in [5.41, 5.74) is 3.60. The van der Waals surface area contributed by atoms with E-state index < -0.39 is 0 Å². The first kappa shape index (κ1) is 14.0. The van der Waals surface area contributed by atoms with E-state index in [-0.39, 0.29) is 10.6 Å². The second-order valence-corrected chi connectivity index (χ2v) is 4.74. The summed E-state index contributed by atoms with van der Waals surface area (Å²) in [5, 5.41) is 14.3. The average Bonchev–Trinajstić information content (AvgIpc) is 2.86. The van der Waals surface area contributed by atoms with Crippen LogP contribution in [0.5, 0.6) is 0 Å². The SMILES string of the molecule is CCn1cncc1CNc1cc(C)c(C)cc1[N+](=O)[O-]. The molecule has 0 fully saturated rings. The van der Waals surface area contributed by atoms with Gasteiger partial charge in [-0.05, 0) is 38.0 Å². The number of aromatic nitrogens is 2. The van der Waals surface area contributed by atoms with Crippen LogP contribution in [0.2, 0.25) is 0 Å². The normalized spacial score (nSPS) is 10.6. The Balaban J connectivity index is 2.25. The van der Waals surface area contributed by atoms with Gasteiger partial charge in [0.25, 0.3) is 5.69 Å². The standard InChI is InChI=1S/C14H18N4O2/c1-4-17-9-15-7-12(17)8-16-13-5-10(2)11(3)6-14(13)18(19)20/h5-7,9,16H,4,8H2,1-3H3. The van der Waals surface area contributed by atoms with Gasteiger partial charge >= 0.3 is 0 Å². The molecule has 0 aliphatic heterocycles. The van der Waals surface area contributed by atoms with Gasteiger partial charge in [-0.15, -0.1) is 0 Å². The van der Waals surface area contributed by atoms with E-state index in [1.165, 1.54) is 0 Å². The molecule has 0 saturated carbocycles. The zero-order valence-electron chi connectivity index (χ0n) is 11.9. The lowest BCUT2D eigenvalue weighted by Gasteiger charge is -2.10. The van der Waals surface area contributed by atoms with Crippen molar-refractivity contribution in [3.05, 3.63) is 51.6 Å². The van der Waals surface area contributed by atoms with E-state index in [4.69, 9.17) is 0 Å². The Morgan fingerprint density at radius 3 is 2.70 bits per heavy atom. The van der Waals surface area contributed by atoms with Gasteiger partial charge in [0.15, 0.2) is 0 Å². The van der Waals surface area contributed by atoms with Crippen molar-refractivity contribution in [3.63, 3.8) is 0 Å². The van der Waals surface area contributed by atoms with E-state index in [1.807, 2.05) is 31.4 Å². The fraction of sp³-hybridized carbons (Fsp3) is 0.357. The molecule has 0 bridgehead atoms. The lowest BCUT2D eigenvalue weighted by atomic mass is 10.1. The Labute approximate surface area is 117 Å². The number of benzene rings is 1. The maximum Gasteiger partial charge on any atom is 0.292 e. The van der Waals surface area contributed by atoms with Gasteiger partial charge in [0, 0.05) is 18.8 Å². The van der Waals surface area contributed by atoms with Gasteiger partial charge in [-0.1, -0.05) is 0 Å². The summed E-state index contributed by atoms with van der Waals surface area (Å²) in [4.78, 5) is 14.8. The molecule has 1 aromatic carbocycles. The maximum atomic E-state index is 11.1. The van der Waals surface area contributed by atoms with Crippen molar-refractivity contribution in [3.8, 4) is 0 Å². The maximum absolute atomic E-state index is 11.1. The first-order chi connectivity index (χ1) is 9.52. The molecule has 6 nitrogen and oxygen atoms in total. The van der Waals surface area contributed by atoms with Gasteiger partial charge in [0.05, 0.1) is 23.5 Å². The first-order valence-electron chi connectivity index (χ1n) is 6.51. The Morgan fingerprint density at radius 1 is 1.35 bits per heavy atom. The number of imidazole rings is 1. The molecule has 6 heteroatoms. The largest absolute Gasteiger partial charge is 0.374 e. The number of nitro benzene ring substituents is 1. The zero-order chi connectivity index (χ0) is 14.7. The predicted molar refractivity (Wildman–Crippen MR) is 77.8 cm³/mol. The Bertz CT molecular complexity index is 634. The molecule has 0 unspecified atom stereocenters. The summed E-state index contributed by atoms with van der Waals surface area (Å²) in [6.45, 7) is 7.19. The summed E-state index contributed by atoms with van der Waals surface area (Å²) < 4.78 is 2.00. The highest BCUT2D eigenvalue weighted by Gasteiger charge is 2.15. The molecule has 1 heterocycles. The average molecular weight is 274 g/mol. The molecule has 2 aromatic rings. The monoisotopic (exact) mass is 274 g/mol. The highest BCUT2D eigenvalue weighted by Crippen LogP contribution is 2.28. The fourth-order valence-electron chi connectivity index (χ4n) is 2.06. The van der Waals surface area contributed by atoms with Gasteiger partial charge in [-0.25, -0.2) is 4.98 Å². The topological polar surface area (TPSA) is 73.0 Å². The first-order valence-corrected chi connectivity index (χ1v) is 6.51. The molecule has 0 saturated heterocycles. The van der Waals surface area contributed by atoms with Crippen LogP contribution < -0.4 is 5.32 Å². The molecule has 0 amide bonds. The summed E-state index contributed by atoms with van der Waals surface area (Å²) in [5.74, 6) is 0. The van der Waals surface area contributed by atoms with Crippen LogP contribution in [0.4, 0.5) is 11.4 Å². The van der Waals surface area contributed by atoms with Crippen LogP contribution in [0.15, 0.2) is 24.7 Å². The molecule has 0 atom stereocenters. The van der Waals surface area contributed by atoms with Crippen molar-refractivity contribution < 1.29 is 4.92 Å². The van der Waals surface area contributed by atoms with E-state index in [0.29, 0.717) is 12.2 Å². The molecule has 20 heavy (non-hydrogen) atoms. The van der Waals surface area contributed by atoms with Crippen molar-refractivity contribution in [2.75, 3.05) is 5.32 Å². The summed E-state index contributed by atoms with van der Waals surface area (Å²) >= 11 is 0. The van der Waals surface area contributed by atoms with Crippen LogP contribution in [-0.4, -0.2) is 14.5 Å². The van der Waals surface area contributed by atoms with Crippen LogP contribution in [0.25, 0.3) is 0 Å². The molecule has 106 valence electrons. The van der Waals surface area contributed by atoms with Crippen LogP contribution in [0.1, 0.15) is 23.7 Å². The van der Waals surface area contributed by atoms with Crippen molar-refractivity contribution in [2.24, 2.45) is 0 Å². The van der Waals surface area contributed by atoms with E-state index in [9.17, 15) is 10.1 Å². The van der Waals surface area contributed by atoms with Crippen LogP contribution in [-0.2, 0) is 13.1 Å². The number of aryl methyl sites for hydroxylation is 3. The van der Waals surface area contributed by atoms with E-state index in [1.54, 1.807) is 18.6 Å². The Morgan fingerprint density at radius 2 is 2.05 bits per heavy atom. The van der Waals surface area contributed by atoms with Gasteiger partial charge in [0.2, 0.25) is 0 Å². The number of hydrogen-bond acceptors (Lipinski definition) is 4. The molecule has 2 rings (SSSR count). The van der Waals surface area contributed by atoms with Gasteiger partial charge in [-0.2, -0.15) is 0 Å². The third-order valence-electron chi connectivity index (χ3n) is 3.41. The number of nitrogens with one attached hydrogen (secondary N) is 1. The Hall–Kier alpha value is -2.37. The predicted octanol–water partition coefficient (Wildman–Crippen LogP) is 3.04. The minimum absolute atomic E-state index is 0.107. The van der Waals surface area contributed by atoms with Crippen LogP contribution >= 0.6 is 0 Å². The van der Waals surface area contributed by atoms with E-state index >= 15 is 0 Å². The van der Waals surface area contributed by atoms with Gasteiger partial charge < -0.3 is 9.88 Å². The summed E-state index contributed by atoms with van der Waals surface area (Å²) in [6.07, 6.45) is 3.52. The van der Waals surface area contributed by atoms with Crippen molar-refractivity contribution in [1.82, 2.24) is 9.55 Å². The van der Waals surface area contributed by atoms with E-state index in [2.05, 4.69) is 10.3 Å². The number of rotatable bonds is 5. The second kappa shape index (κ2) is 5.73. The lowest BCUT2D eigenvalue weighted by molar-refractivity contribution is -0.384. The molecule has 0 aliphatic rings. The number of anilines is 1. The van der Waals surface area contributed by atoms with Crippen LogP contribution in [0, 0.1) is 24.0 Å².